The molecule has 0 radical (unpaired) electrons. The van der Waals surface area contributed by atoms with Crippen molar-refractivity contribution in [2.24, 2.45) is 0 Å². The quantitative estimate of drug-likeness (QED) is 0.802. The van der Waals surface area contributed by atoms with Gasteiger partial charge in [-0.15, -0.1) is 11.6 Å². The number of nitrogens with one attached hydrogen (secondary N) is 1. The van der Waals surface area contributed by atoms with Gasteiger partial charge in [-0.1, -0.05) is 0 Å². The molecule has 114 valence electrons. The second-order valence-corrected chi connectivity index (χ2v) is 7.75. The van der Waals surface area contributed by atoms with Crippen molar-refractivity contribution in [2.75, 3.05) is 24.7 Å². The number of ether oxygens (including phenoxy) is 2. The van der Waals surface area contributed by atoms with Crippen LogP contribution in [-0.4, -0.2) is 50.5 Å². The van der Waals surface area contributed by atoms with Gasteiger partial charge in [-0.05, 0) is 18.2 Å². The fourth-order valence-corrected chi connectivity index (χ4v) is 4.92. The molecule has 1 aromatic rings. The molecule has 8 heteroatoms. The van der Waals surface area contributed by atoms with Crippen molar-refractivity contribution in [1.29, 1.82) is 0 Å². The van der Waals surface area contributed by atoms with E-state index in [0.29, 0.717) is 30.3 Å². The van der Waals surface area contributed by atoms with Gasteiger partial charge in [0.25, 0.3) is 5.91 Å². The normalized spacial score (nSPS) is 26.3. The SMILES string of the molecule is O=C(NC1CS(=O)(=O)CC1Cl)c1ccc2c(c1)OCCO2. The molecule has 2 aliphatic heterocycles. The van der Waals surface area contributed by atoms with Crippen molar-refractivity contribution in [1.82, 2.24) is 5.32 Å². The Morgan fingerprint density at radius 3 is 2.57 bits per heavy atom. The van der Waals surface area contributed by atoms with Gasteiger partial charge in [0.15, 0.2) is 21.3 Å². The summed E-state index contributed by atoms with van der Waals surface area (Å²) < 4.78 is 33.8. The zero-order valence-electron chi connectivity index (χ0n) is 11.0. The summed E-state index contributed by atoms with van der Waals surface area (Å²) in [4.78, 5) is 12.2. The molecule has 0 spiro atoms. The third-order valence-electron chi connectivity index (χ3n) is 3.40. The van der Waals surface area contributed by atoms with Crippen molar-refractivity contribution in [3.8, 4) is 11.5 Å². The number of alkyl halides is 1. The lowest BCUT2D eigenvalue weighted by Gasteiger charge is -2.19. The van der Waals surface area contributed by atoms with Crippen LogP contribution in [0.15, 0.2) is 18.2 Å². The topological polar surface area (TPSA) is 81.7 Å². The Kier molecular flexibility index (Phi) is 3.71. The summed E-state index contributed by atoms with van der Waals surface area (Å²) in [5.41, 5.74) is 0.382. The van der Waals surface area contributed by atoms with Crippen LogP contribution in [0.4, 0.5) is 0 Å². The standard InChI is InChI=1S/C13H14ClNO5S/c14-9-6-21(17,18)7-10(9)15-13(16)8-1-2-11-12(5-8)20-4-3-19-11/h1-2,5,9-10H,3-4,6-7H2,(H,15,16). The first-order valence-electron chi connectivity index (χ1n) is 6.50. The van der Waals surface area contributed by atoms with Gasteiger partial charge in [-0.3, -0.25) is 4.79 Å². The summed E-state index contributed by atoms with van der Waals surface area (Å²) in [6.07, 6.45) is 0. The lowest BCUT2D eigenvalue weighted by Crippen LogP contribution is -2.40. The average molecular weight is 332 g/mol. The minimum absolute atomic E-state index is 0.110. The Morgan fingerprint density at radius 2 is 1.90 bits per heavy atom. The number of hydrogen-bond donors (Lipinski definition) is 1. The molecule has 0 saturated carbocycles. The van der Waals surface area contributed by atoms with Crippen molar-refractivity contribution in [2.45, 2.75) is 11.4 Å². The number of rotatable bonds is 2. The Bertz CT molecular complexity index is 675. The van der Waals surface area contributed by atoms with Gasteiger partial charge in [0.05, 0.1) is 22.9 Å². The molecule has 2 heterocycles. The molecule has 1 fully saturated rings. The van der Waals surface area contributed by atoms with Crippen LogP contribution in [0.25, 0.3) is 0 Å². The summed E-state index contributed by atoms with van der Waals surface area (Å²) in [5.74, 6) is 0.490. The Hall–Kier alpha value is -1.47. The zero-order chi connectivity index (χ0) is 15.0. The molecule has 0 bridgehead atoms. The number of benzene rings is 1. The molecule has 1 amide bonds. The second kappa shape index (κ2) is 5.38. The summed E-state index contributed by atoms with van der Waals surface area (Å²) >= 11 is 5.97. The summed E-state index contributed by atoms with van der Waals surface area (Å²) in [6, 6.07) is 4.27. The van der Waals surface area contributed by atoms with Crippen molar-refractivity contribution < 1.29 is 22.7 Å². The fraction of sp³-hybridized carbons (Fsp3) is 0.462. The largest absolute Gasteiger partial charge is 0.486 e. The maximum atomic E-state index is 12.2. The van der Waals surface area contributed by atoms with Crippen LogP contribution in [0.3, 0.4) is 0 Å². The lowest BCUT2D eigenvalue weighted by molar-refractivity contribution is 0.0940. The molecule has 2 atom stereocenters. The first-order valence-corrected chi connectivity index (χ1v) is 8.75. The van der Waals surface area contributed by atoms with E-state index in [9.17, 15) is 13.2 Å². The highest BCUT2D eigenvalue weighted by Gasteiger charge is 2.37. The third kappa shape index (κ3) is 3.08. The number of hydrogen-bond acceptors (Lipinski definition) is 5. The number of sulfone groups is 1. The molecule has 0 aliphatic carbocycles. The van der Waals surface area contributed by atoms with Crippen LogP contribution in [0, 0.1) is 0 Å². The predicted molar refractivity (Wildman–Crippen MR) is 77.0 cm³/mol. The van der Waals surface area contributed by atoms with Crippen LogP contribution < -0.4 is 14.8 Å². The first kappa shape index (κ1) is 14.5. The Morgan fingerprint density at radius 1 is 1.19 bits per heavy atom. The van der Waals surface area contributed by atoms with Gasteiger partial charge < -0.3 is 14.8 Å². The van der Waals surface area contributed by atoms with Gasteiger partial charge in [0, 0.05) is 5.56 Å². The van der Waals surface area contributed by atoms with Gasteiger partial charge >= 0.3 is 0 Å². The average Bonchev–Trinajstić information content (AvgIpc) is 2.70. The molecule has 1 aromatic carbocycles. The third-order valence-corrected chi connectivity index (χ3v) is 5.78. The van der Waals surface area contributed by atoms with Crippen LogP contribution in [0.1, 0.15) is 10.4 Å². The summed E-state index contributed by atoms with van der Waals surface area (Å²) in [7, 11) is -3.18. The van der Waals surface area contributed by atoms with Crippen molar-refractivity contribution in [3.05, 3.63) is 23.8 Å². The number of carbonyl (C=O) groups excluding carboxylic acids is 1. The number of carbonyl (C=O) groups is 1. The van der Waals surface area contributed by atoms with Crippen LogP contribution >= 0.6 is 11.6 Å². The monoisotopic (exact) mass is 331 g/mol. The summed E-state index contributed by atoms with van der Waals surface area (Å²) in [5, 5.41) is 2.06. The molecule has 2 unspecified atom stereocenters. The van der Waals surface area contributed by atoms with Crippen LogP contribution in [-0.2, 0) is 9.84 Å². The zero-order valence-corrected chi connectivity index (χ0v) is 12.6. The van der Waals surface area contributed by atoms with E-state index >= 15 is 0 Å². The molecule has 2 aliphatic rings. The van der Waals surface area contributed by atoms with E-state index in [1.807, 2.05) is 0 Å². The van der Waals surface area contributed by atoms with E-state index in [1.165, 1.54) is 0 Å². The Balaban J connectivity index is 1.74. The molecule has 1 N–H and O–H groups in total. The lowest BCUT2D eigenvalue weighted by atomic mass is 10.1. The number of amides is 1. The molecule has 3 rings (SSSR count). The Labute approximate surface area is 127 Å². The highest BCUT2D eigenvalue weighted by molar-refractivity contribution is 7.91. The van der Waals surface area contributed by atoms with Gasteiger partial charge in [0.2, 0.25) is 0 Å². The van der Waals surface area contributed by atoms with Crippen LogP contribution in [0.5, 0.6) is 11.5 Å². The van der Waals surface area contributed by atoms with E-state index in [0.717, 1.165) is 0 Å². The highest BCUT2D eigenvalue weighted by atomic mass is 35.5. The summed E-state index contributed by atoms with van der Waals surface area (Å²) in [6.45, 7) is 0.912. The molecular weight excluding hydrogens is 318 g/mol. The number of fused-ring (bicyclic) bond motifs is 1. The van der Waals surface area contributed by atoms with Crippen molar-refractivity contribution in [3.63, 3.8) is 0 Å². The van der Waals surface area contributed by atoms with Gasteiger partial charge in [-0.25, -0.2) is 8.42 Å². The van der Waals surface area contributed by atoms with E-state index in [2.05, 4.69) is 5.32 Å². The molecule has 6 nitrogen and oxygen atoms in total. The fourth-order valence-electron chi connectivity index (χ4n) is 2.37. The smallest absolute Gasteiger partial charge is 0.251 e. The maximum absolute atomic E-state index is 12.2. The molecular formula is C13H14ClNO5S. The predicted octanol–water partition coefficient (Wildman–Crippen LogP) is 0.592. The van der Waals surface area contributed by atoms with E-state index < -0.39 is 21.3 Å². The van der Waals surface area contributed by atoms with E-state index in [4.69, 9.17) is 21.1 Å². The van der Waals surface area contributed by atoms with Gasteiger partial charge in [0.1, 0.15) is 13.2 Å². The highest BCUT2D eigenvalue weighted by Crippen LogP contribution is 2.30. The minimum Gasteiger partial charge on any atom is -0.486 e. The van der Waals surface area contributed by atoms with Crippen LogP contribution in [0.2, 0.25) is 0 Å². The van der Waals surface area contributed by atoms with E-state index in [-0.39, 0.29) is 17.4 Å². The maximum Gasteiger partial charge on any atom is 0.251 e. The first-order chi connectivity index (χ1) is 9.94. The minimum atomic E-state index is -3.18. The molecule has 21 heavy (non-hydrogen) atoms. The van der Waals surface area contributed by atoms with Gasteiger partial charge in [-0.2, -0.15) is 0 Å². The number of halogens is 1. The molecule has 0 aromatic heterocycles. The second-order valence-electron chi connectivity index (χ2n) is 5.03. The molecule has 1 saturated heterocycles. The van der Waals surface area contributed by atoms with Crippen molar-refractivity contribution >= 4 is 27.3 Å². The van der Waals surface area contributed by atoms with E-state index in [1.54, 1.807) is 18.2 Å².